The van der Waals surface area contributed by atoms with Gasteiger partial charge < -0.3 is 9.84 Å². The van der Waals surface area contributed by atoms with Crippen LogP contribution in [0.25, 0.3) is 0 Å². The molecule has 0 saturated heterocycles. The van der Waals surface area contributed by atoms with Crippen LogP contribution >= 0.6 is 0 Å². The van der Waals surface area contributed by atoms with Gasteiger partial charge in [-0.1, -0.05) is 60.7 Å². The molecule has 0 amide bonds. The zero-order valence-electron chi connectivity index (χ0n) is 14.1. The van der Waals surface area contributed by atoms with Gasteiger partial charge in [0, 0.05) is 5.92 Å². The number of carbonyl (C=O) groups is 2. The van der Waals surface area contributed by atoms with E-state index in [0.29, 0.717) is 5.56 Å². The predicted molar refractivity (Wildman–Crippen MR) is 94.7 cm³/mol. The van der Waals surface area contributed by atoms with Crippen LogP contribution < -0.4 is 0 Å². The van der Waals surface area contributed by atoms with Gasteiger partial charge in [-0.05, 0) is 25.8 Å². The Morgan fingerprint density at radius 3 is 2.46 bits per heavy atom. The van der Waals surface area contributed by atoms with Gasteiger partial charge in [-0.2, -0.15) is 0 Å². The Bertz CT molecular complexity index is 616. The van der Waals surface area contributed by atoms with Crippen molar-refractivity contribution in [3.05, 3.63) is 72.9 Å². The molecule has 1 N–H and O–H groups in total. The third-order valence-corrected chi connectivity index (χ3v) is 3.83. The molecular weight excluding hydrogens is 304 g/mol. The molecule has 0 bridgehead atoms. The number of carbonyl (C=O) groups excluding carboxylic acids is 1. The standard InChI is InChI=1S/C20H24O4/c1-4-7-8-12-15-20(18(21)22,19(23)24-6-3)17(5-2)16-13-10-9-11-14-16/h4-5,7-14,17H,2,6,15H2,1,3H3,(H,21,22). The van der Waals surface area contributed by atoms with Crippen molar-refractivity contribution in [2.75, 3.05) is 6.61 Å². The molecule has 24 heavy (non-hydrogen) atoms. The van der Waals surface area contributed by atoms with Crippen molar-refractivity contribution in [3.8, 4) is 0 Å². The lowest BCUT2D eigenvalue weighted by atomic mass is 9.69. The summed E-state index contributed by atoms with van der Waals surface area (Å²) in [6.07, 6.45) is 8.52. The summed E-state index contributed by atoms with van der Waals surface area (Å²) in [4.78, 5) is 24.8. The third-order valence-electron chi connectivity index (χ3n) is 3.83. The number of ether oxygens (including phenoxy) is 1. The number of hydrogen-bond donors (Lipinski definition) is 1. The first-order valence-electron chi connectivity index (χ1n) is 7.90. The lowest BCUT2D eigenvalue weighted by molar-refractivity contribution is -0.169. The topological polar surface area (TPSA) is 63.6 Å². The summed E-state index contributed by atoms with van der Waals surface area (Å²) in [7, 11) is 0. The SMILES string of the molecule is C=CC(c1ccccc1)C(CC=CC=CC)(C(=O)O)C(=O)OCC. The summed E-state index contributed by atoms with van der Waals surface area (Å²) < 4.78 is 5.11. The van der Waals surface area contributed by atoms with E-state index in [1.54, 1.807) is 49.4 Å². The van der Waals surface area contributed by atoms with Gasteiger partial charge in [0.1, 0.15) is 0 Å². The monoisotopic (exact) mass is 328 g/mol. The van der Waals surface area contributed by atoms with Crippen LogP contribution in [0, 0.1) is 5.41 Å². The zero-order valence-corrected chi connectivity index (χ0v) is 14.1. The molecule has 1 rings (SSSR count). The molecule has 0 aliphatic carbocycles. The van der Waals surface area contributed by atoms with Crippen molar-refractivity contribution >= 4 is 11.9 Å². The number of esters is 1. The zero-order chi connectivity index (χ0) is 18.0. The summed E-state index contributed by atoms with van der Waals surface area (Å²) in [6.45, 7) is 7.40. The molecule has 0 aliphatic heterocycles. The van der Waals surface area contributed by atoms with Crippen LogP contribution in [0.1, 0.15) is 31.7 Å². The number of carboxylic acid groups (broad SMARTS) is 1. The molecular formula is C20H24O4. The number of carboxylic acids is 1. The minimum atomic E-state index is -1.75. The smallest absolute Gasteiger partial charge is 0.324 e. The number of benzene rings is 1. The van der Waals surface area contributed by atoms with Crippen molar-refractivity contribution in [3.63, 3.8) is 0 Å². The molecule has 128 valence electrons. The second kappa shape index (κ2) is 9.50. The Kier molecular flexibility index (Phi) is 7.69. The van der Waals surface area contributed by atoms with E-state index >= 15 is 0 Å². The van der Waals surface area contributed by atoms with Gasteiger partial charge in [0.05, 0.1) is 6.61 Å². The van der Waals surface area contributed by atoms with E-state index in [0.717, 1.165) is 0 Å². The van der Waals surface area contributed by atoms with Crippen molar-refractivity contribution in [2.24, 2.45) is 5.41 Å². The third kappa shape index (κ3) is 4.22. The van der Waals surface area contributed by atoms with E-state index in [1.165, 1.54) is 6.08 Å². The molecule has 0 fully saturated rings. The maximum Gasteiger partial charge on any atom is 0.324 e. The van der Waals surface area contributed by atoms with Gasteiger partial charge in [-0.25, -0.2) is 0 Å². The molecule has 1 aromatic carbocycles. The van der Waals surface area contributed by atoms with Crippen LogP contribution in [0.4, 0.5) is 0 Å². The number of allylic oxidation sites excluding steroid dienone is 5. The largest absolute Gasteiger partial charge is 0.480 e. The van der Waals surface area contributed by atoms with Crippen LogP contribution in [0.3, 0.4) is 0 Å². The normalized spacial score (nSPS) is 15.1. The lowest BCUT2D eigenvalue weighted by Crippen LogP contribution is -2.45. The number of aliphatic carboxylic acids is 1. The molecule has 0 aromatic heterocycles. The Balaban J connectivity index is 3.44. The van der Waals surface area contributed by atoms with E-state index in [1.807, 2.05) is 19.1 Å². The van der Waals surface area contributed by atoms with Gasteiger partial charge in [-0.15, -0.1) is 6.58 Å². The molecule has 0 saturated carbocycles. The lowest BCUT2D eigenvalue weighted by Gasteiger charge is -2.32. The summed E-state index contributed by atoms with van der Waals surface area (Å²) in [6, 6.07) is 9.03. The van der Waals surface area contributed by atoms with Crippen molar-refractivity contribution in [1.82, 2.24) is 0 Å². The number of hydrogen-bond acceptors (Lipinski definition) is 3. The summed E-state index contributed by atoms with van der Waals surface area (Å²) in [5, 5.41) is 9.94. The van der Waals surface area contributed by atoms with Crippen molar-refractivity contribution < 1.29 is 19.4 Å². The molecule has 2 unspecified atom stereocenters. The summed E-state index contributed by atoms with van der Waals surface area (Å²) >= 11 is 0. The first-order chi connectivity index (χ1) is 11.5. The highest BCUT2D eigenvalue weighted by Crippen LogP contribution is 2.42. The minimum Gasteiger partial charge on any atom is -0.480 e. The van der Waals surface area contributed by atoms with Crippen LogP contribution in [0.5, 0.6) is 0 Å². The summed E-state index contributed by atoms with van der Waals surface area (Å²) in [5.41, 5.74) is -1.04. The maximum absolute atomic E-state index is 12.6. The molecule has 1 aromatic rings. The fourth-order valence-corrected chi connectivity index (χ4v) is 2.63. The maximum atomic E-state index is 12.6. The van der Waals surface area contributed by atoms with E-state index in [-0.39, 0.29) is 13.0 Å². The van der Waals surface area contributed by atoms with E-state index in [2.05, 4.69) is 6.58 Å². The Labute approximate surface area is 143 Å². The van der Waals surface area contributed by atoms with Crippen LogP contribution in [-0.2, 0) is 14.3 Å². The van der Waals surface area contributed by atoms with Gasteiger partial charge in [0.15, 0.2) is 5.41 Å². The van der Waals surface area contributed by atoms with Crippen molar-refractivity contribution in [2.45, 2.75) is 26.2 Å². The molecule has 4 heteroatoms. The average Bonchev–Trinajstić information content (AvgIpc) is 2.58. The second-order valence-corrected chi connectivity index (χ2v) is 5.28. The van der Waals surface area contributed by atoms with E-state index in [4.69, 9.17) is 4.74 Å². The molecule has 0 heterocycles. The fraction of sp³-hybridized carbons (Fsp3) is 0.300. The van der Waals surface area contributed by atoms with Gasteiger partial charge >= 0.3 is 11.9 Å². The highest BCUT2D eigenvalue weighted by atomic mass is 16.5. The van der Waals surface area contributed by atoms with Gasteiger partial charge in [0.25, 0.3) is 0 Å². The van der Waals surface area contributed by atoms with Gasteiger partial charge in [-0.3, -0.25) is 9.59 Å². The predicted octanol–water partition coefficient (Wildman–Crippen LogP) is 4.11. The first kappa shape index (κ1) is 19.4. The second-order valence-electron chi connectivity index (χ2n) is 5.28. The van der Waals surface area contributed by atoms with Crippen LogP contribution in [-0.4, -0.2) is 23.7 Å². The van der Waals surface area contributed by atoms with Crippen molar-refractivity contribution in [1.29, 1.82) is 0 Å². The van der Waals surface area contributed by atoms with E-state index < -0.39 is 23.3 Å². The Morgan fingerprint density at radius 1 is 1.29 bits per heavy atom. The quantitative estimate of drug-likeness (QED) is 0.321. The Morgan fingerprint density at radius 2 is 1.96 bits per heavy atom. The number of rotatable bonds is 9. The van der Waals surface area contributed by atoms with E-state index in [9.17, 15) is 14.7 Å². The van der Waals surface area contributed by atoms with Crippen LogP contribution in [0.2, 0.25) is 0 Å². The highest BCUT2D eigenvalue weighted by molar-refractivity contribution is 6.01. The molecule has 0 aliphatic rings. The highest BCUT2D eigenvalue weighted by Gasteiger charge is 2.52. The molecule has 4 nitrogen and oxygen atoms in total. The first-order valence-corrected chi connectivity index (χ1v) is 7.90. The molecule has 0 radical (unpaired) electrons. The Hall–Kier alpha value is -2.62. The minimum absolute atomic E-state index is 0.0110. The van der Waals surface area contributed by atoms with Crippen LogP contribution in [0.15, 0.2) is 67.3 Å². The summed E-state index contributed by atoms with van der Waals surface area (Å²) in [5.74, 6) is -2.68. The van der Waals surface area contributed by atoms with Gasteiger partial charge in [0.2, 0.25) is 0 Å². The fourth-order valence-electron chi connectivity index (χ4n) is 2.63. The molecule has 2 atom stereocenters. The average molecular weight is 328 g/mol. The molecule has 0 spiro atoms.